The predicted octanol–water partition coefficient (Wildman–Crippen LogP) is -4.00. The van der Waals surface area contributed by atoms with Gasteiger partial charge in [-0.15, -0.1) is 0 Å². The fourth-order valence-electron chi connectivity index (χ4n) is 4.90. The van der Waals surface area contributed by atoms with Crippen LogP contribution in [0.5, 0.6) is 5.75 Å². The van der Waals surface area contributed by atoms with Gasteiger partial charge in [-0.2, -0.15) is 0 Å². The molecule has 1 heterocycles. The minimum Gasteiger partial charge on any atom is -0.549 e. The Bertz CT molecular complexity index is 1370. The van der Waals surface area contributed by atoms with Crippen LogP contribution in [0, 0.1) is 50.1 Å². The molecule has 1 radical (unpaired) electrons. The molecule has 0 unspecified atom stereocenters. The molecule has 1 aliphatic rings. The van der Waals surface area contributed by atoms with Crippen molar-refractivity contribution in [3.05, 3.63) is 64.7 Å². The third-order valence-electron chi connectivity index (χ3n) is 7.28. The Labute approximate surface area is 308 Å². The zero-order valence-corrected chi connectivity index (χ0v) is 28.2. The Balaban J connectivity index is 0.00000800. The van der Waals surface area contributed by atoms with E-state index < -0.39 is 60.9 Å². The van der Waals surface area contributed by atoms with E-state index in [1.165, 1.54) is 34.1 Å². The molecule has 2 aromatic carbocycles. The van der Waals surface area contributed by atoms with Gasteiger partial charge in [-0.25, -0.2) is 4.79 Å². The van der Waals surface area contributed by atoms with Gasteiger partial charge in [-0.3, -0.25) is 34.5 Å². The smallest absolute Gasteiger partial charge is 0.549 e. The third kappa shape index (κ3) is 14.6. The summed E-state index contributed by atoms with van der Waals surface area (Å²) in [7, 11) is 0. The van der Waals surface area contributed by atoms with E-state index in [1.54, 1.807) is 45.0 Å². The van der Waals surface area contributed by atoms with Crippen molar-refractivity contribution in [3.8, 4) is 5.75 Å². The number of carbonyl (C=O) groups excluding carboxylic acids is 5. The summed E-state index contributed by atoms with van der Waals surface area (Å²) in [6, 6.07) is 13.2. The van der Waals surface area contributed by atoms with Crippen molar-refractivity contribution in [1.82, 2.24) is 19.6 Å². The van der Waals surface area contributed by atoms with Gasteiger partial charge in [0.05, 0.1) is 29.4 Å². The first-order valence-electron chi connectivity index (χ1n) is 14.7. The van der Waals surface area contributed by atoms with E-state index in [2.05, 4.69) is 0 Å². The summed E-state index contributed by atoms with van der Waals surface area (Å²) in [5, 5.41) is 45.1. The fraction of sp³-hybridized carbons (Fsp3) is 0.433. The first-order chi connectivity index (χ1) is 22.4. The van der Waals surface area contributed by atoms with E-state index in [-0.39, 0.29) is 110 Å². The molecule has 0 atom stereocenters. The van der Waals surface area contributed by atoms with Crippen LogP contribution in [0.4, 0.5) is 11.4 Å². The Hall–Kier alpha value is -3.65. The summed E-state index contributed by atoms with van der Waals surface area (Å²) in [6.07, 6.45) is 0. The summed E-state index contributed by atoms with van der Waals surface area (Å²) in [5.74, 6) is -5.29. The largest absolute Gasteiger partial charge is 3.00 e. The molecule has 17 nitrogen and oxygen atoms in total. The van der Waals surface area contributed by atoms with Gasteiger partial charge in [0.25, 0.3) is 5.69 Å². The number of carboxylic acids is 3. The van der Waals surface area contributed by atoms with Crippen molar-refractivity contribution >= 4 is 41.2 Å². The van der Waals surface area contributed by atoms with Crippen LogP contribution in [-0.2, 0) is 24.0 Å². The maximum Gasteiger partial charge on any atom is 3.00 e. The average molecular weight is 813 g/mol. The van der Waals surface area contributed by atoms with Crippen LogP contribution in [0.1, 0.15) is 0 Å². The average Bonchev–Trinajstić information content (AvgIpc) is 3.01. The molecule has 0 aliphatic carbocycles. The van der Waals surface area contributed by atoms with Crippen molar-refractivity contribution in [1.29, 1.82) is 0 Å². The maximum atomic E-state index is 13.8. The number of nitro groups is 1. The molecule has 1 aliphatic heterocycles. The van der Waals surface area contributed by atoms with E-state index in [4.69, 9.17) is 4.74 Å². The molecule has 0 bridgehead atoms. The Morgan fingerprint density at radius 1 is 0.646 bits per heavy atom. The molecule has 0 saturated carbocycles. The molecule has 48 heavy (non-hydrogen) atoms. The molecule has 0 N–H and O–H groups in total. The molecule has 2 aromatic rings. The number of carbonyl (C=O) groups is 5. The van der Waals surface area contributed by atoms with Crippen molar-refractivity contribution in [2.75, 3.05) is 90.0 Å². The number of aliphatic carboxylic acids is 3. The summed E-state index contributed by atoms with van der Waals surface area (Å²) in [5.41, 5.74) is 0.195. The standard InChI is InChI=1S/C30H38N6O11.Gd/c37-26(35(23-4-2-1-3-5-23)22-30(44)47-25-8-6-24(7-9-25)36(45)46)18-31-10-12-32(19-27(38)39)14-16-34(21-29(42)43)17-15-33(13-11-31)20-28(40)41;/h1-9H,10-22H2,(H,38,39)(H,40,41)(H,42,43);/q;+3/p-3. The number of hydrogen-bond donors (Lipinski definition) is 0. The number of ether oxygens (including phenoxy) is 1. The van der Waals surface area contributed by atoms with Crippen LogP contribution in [-0.4, -0.2) is 139 Å². The van der Waals surface area contributed by atoms with Crippen LogP contribution in [0.15, 0.2) is 54.6 Å². The molecular formula is C30H35GdN6O11. The zero-order chi connectivity index (χ0) is 34.3. The number of anilines is 1. The second-order valence-electron chi connectivity index (χ2n) is 10.8. The van der Waals surface area contributed by atoms with Gasteiger partial charge in [0.15, 0.2) is 0 Å². The number of hydrogen-bond acceptors (Lipinski definition) is 15. The number of amides is 1. The molecule has 0 aromatic heterocycles. The van der Waals surface area contributed by atoms with Gasteiger partial charge < -0.3 is 39.3 Å². The first kappa shape index (κ1) is 40.5. The molecular weight excluding hydrogens is 778 g/mol. The summed E-state index contributed by atoms with van der Waals surface area (Å²) < 4.78 is 5.32. The third-order valence-corrected chi connectivity index (χ3v) is 7.28. The number of para-hydroxylation sites is 1. The van der Waals surface area contributed by atoms with Crippen LogP contribution in [0.2, 0.25) is 0 Å². The topological polar surface area (TPSA) is 223 Å². The first-order valence-corrected chi connectivity index (χ1v) is 14.7. The Morgan fingerprint density at radius 3 is 1.42 bits per heavy atom. The van der Waals surface area contributed by atoms with Gasteiger partial charge in [0, 0.05) is 89.8 Å². The Morgan fingerprint density at radius 2 is 1.04 bits per heavy atom. The SMILES string of the molecule is O=C([O-])CN1CCN(CC(=O)[O-])CCN(CC(=O)N(CC(=O)Oc2ccc([N+](=O)[O-])cc2)c2ccccc2)CCN(CC(=O)[O-])CC1.[Gd+3]. The Kier molecular flexibility index (Phi) is 17.4. The molecule has 1 amide bonds. The van der Waals surface area contributed by atoms with Crippen LogP contribution >= 0.6 is 0 Å². The van der Waals surface area contributed by atoms with Crippen molar-refractivity contribution in [2.45, 2.75) is 0 Å². The van der Waals surface area contributed by atoms with E-state index in [1.807, 2.05) is 0 Å². The number of esters is 1. The zero-order valence-electron chi connectivity index (χ0n) is 25.9. The number of rotatable bonds is 13. The van der Waals surface area contributed by atoms with Gasteiger partial charge in [-0.05, 0) is 24.3 Å². The number of benzene rings is 2. The normalized spacial score (nSPS) is 15.6. The van der Waals surface area contributed by atoms with Crippen LogP contribution in [0.3, 0.4) is 0 Å². The van der Waals surface area contributed by atoms with Crippen molar-refractivity contribution in [2.24, 2.45) is 0 Å². The van der Waals surface area contributed by atoms with E-state index in [0.717, 1.165) is 0 Å². The van der Waals surface area contributed by atoms with Crippen LogP contribution in [0.25, 0.3) is 0 Å². The minimum atomic E-state index is -1.34. The van der Waals surface area contributed by atoms with Gasteiger partial charge in [0.1, 0.15) is 12.3 Å². The maximum absolute atomic E-state index is 13.8. The van der Waals surface area contributed by atoms with Crippen molar-refractivity contribution in [3.63, 3.8) is 0 Å². The second kappa shape index (κ2) is 20.7. The molecule has 18 heteroatoms. The molecule has 0 spiro atoms. The van der Waals surface area contributed by atoms with Gasteiger partial charge >= 0.3 is 45.9 Å². The monoisotopic (exact) mass is 813 g/mol. The molecule has 1 saturated heterocycles. The van der Waals surface area contributed by atoms with Gasteiger partial charge in [0.2, 0.25) is 5.91 Å². The molecule has 259 valence electrons. The number of carboxylic acid groups (broad SMARTS) is 3. The predicted molar refractivity (Wildman–Crippen MR) is 158 cm³/mol. The summed E-state index contributed by atoms with van der Waals surface area (Å²) >= 11 is 0. The number of non-ortho nitro benzene ring substituents is 1. The second-order valence-corrected chi connectivity index (χ2v) is 10.8. The fourth-order valence-corrected chi connectivity index (χ4v) is 4.90. The molecule has 3 rings (SSSR count). The van der Waals surface area contributed by atoms with E-state index >= 15 is 0 Å². The number of nitro benzene ring substituents is 1. The summed E-state index contributed by atoms with van der Waals surface area (Å²) in [4.78, 5) is 78.7. The number of nitrogens with zero attached hydrogens (tertiary/aromatic N) is 6. The van der Waals surface area contributed by atoms with E-state index in [9.17, 15) is 49.4 Å². The van der Waals surface area contributed by atoms with Gasteiger partial charge in [-0.1, -0.05) is 18.2 Å². The summed E-state index contributed by atoms with van der Waals surface area (Å²) in [6.45, 7) is -0.847. The quantitative estimate of drug-likeness (QED) is 0.0814. The molecule has 1 fully saturated rings. The van der Waals surface area contributed by atoms with Crippen molar-refractivity contribution < 1.29 is 88.9 Å². The van der Waals surface area contributed by atoms with E-state index in [0.29, 0.717) is 5.69 Å². The minimum absolute atomic E-state index is 0. The van der Waals surface area contributed by atoms with Crippen LogP contribution < -0.4 is 25.0 Å².